The van der Waals surface area contributed by atoms with E-state index in [9.17, 15) is 4.79 Å². The van der Waals surface area contributed by atoms with Gasteiger partial charge in [-0.15, -0.1) is 0 Å². The maximum atomic E-state index is 10.6. The number of carboxylic acid groups (broad SMARTS) is 1. The van der Waals surface area contributed by atoms with E-state index >= 15 is 0 Å². The van der Waals surface area contributed by atoms with Crippen molar-refractivity contribution in [2.75, 3.05) is 0 Å². The molecule has 76 valence electrons. The Kier molecular flexibility index (Phi) is 2.58. The average molecular weight is 259 g/mol. The third kappa shape index (κ3) is 1.68. The fourth-order valence-electron chi connectivity index (χ4n) is 1.84. The first-order chi connectivity index (χ1) is 6.68. The van der Waals surface area contributed by atoms with Gasteiger partial charge in [-0.25, -0.2) is 4.98 Å². The summed E-state index contributed by atoms with van der Waals surface area (Å²) in [6, 6.07) is 0. The van der Waals surface area contributed by atoms with Gasteiger partial charge in [0.05, 0.1) is 5.69 Å². The maximum absolute atomic E-state index is 10.6. The summed E-state index contributed by atoms with van der Waals surface area (Å²) in [5.74, 6) is -0.157. The maximum Gasteiger partial charge on any atom is 0.311 e. The molecular weight excluding hydrogens is 248 g/mol. The molecule has 5 heteroatoms. The van der Waals surface area contributed by atoms with Gasteiger partial charge >= 0.3 is 5.97 Å². The van der Waals surface area contributed by atoms with Crippen molar-refractivity contribution in [3.63, 3.8) is 0 Å². The van der Waals surface area contributed by atoms with Crippen LogP contribution in [0.1, 0.15) is 24.4 Å². The summed E-state index contributed by atoms with van der Waals surface area (Å²) in [5, 5.41) is 8.71. The van der Waals surface area contributed by atoms with Crippen LogP contribution in [-0.2, 0) is 24.2 Å². The topological polar surface area (TPSA) is 55.1 Å². The van der Waals surface area contributed by atoms with Gasteiger partial charge < -0.3 is 9.67 Å². The minimum atomic E-state index is -0.823. The van der Waals surface area contributed by atoms with Crippen molar-refractivity contribution in [3.8, 4) is 0 Å². The van der Waals surface area contributed by atoms with Crippen LogP contribution in [0, 0.1) is 0 Å². The highest BCUT2D eigenvalue weighted by Crippen LogP contribution is 2.24. The summed E-state index contributed by atoms with van der Waals surface area (Å²) in [6.07, 6.45) is 3.28. The molecule has 14 heavy (non-hydrogen) atoms. The zero-order valence-electron chi connectivity index (χ0n) is 7.66. The second-order valence-electron chi connectivity index (χ2n) is 3.44. The summed E-state index contributed by atoms with van der Waals surface area (Å²) in [6.45, 7) is 0.899. The van der Waals surface area contributed by atoms with Crippen molar-refractivity contribution >= 4 is 21.9 Å². The number of nitrogens with zero attached hydrogens (tertiary/aromatic N) is 2. The van der Waals surface area contributed by atoms with Crippen molar-refractivity contribution in [2.24, 2.45) is 0 Å². The minimum absolute atomic E-state index is 0.0125. The van der Waals surface area contributed by atoms with E-state index < -0.39 is 5.97 Å². The molecule has 1 aliphatic heterocycles. The summed E-state index contributed by atoms with van der Waals surface area (Å²) < 4.78 is 2.84. The predicted octanol–water partition coefficient (Wildman–Crippen LogP) is 1.61. The monoisotopic (exact) mass is 258 g/mol. The van der Waals surface area contributed by atoms with Gasteiger partial charge in [-0.2, -0.15) is 0 Å². The molecule has 0 atom stereocenters. The van der Waals surface area contributed by atoms with Crippen LogP contribution in [0.15, 0.2) is 4.60 Å². The molecule has 0 unspecified atom stereocenters. The number of hydrogen-bond donors (Lipinski definition) is 1. The van der Waals surface area contributed by atoms with E-state index in [2.05, 4.69) is 20.9 Å². The van der Waals surface area contributed by atoms with Gasteiger partial charge in [0.15, 0.2) is 0 Å². The molecule has 2 heterocycles. The molecule has 0 aromatic carbocycles. The molecule has 0 bridgehead atoms. The molecule has 0 saturated heterocycles. The van der Waals surface area contributed by atoms with E-state index in [4.69, 9.17) is 5.11 Å². The quantitative estimate of drug-likeness (QED) is 0.877. The van der Waals surface area contributed by atoms with E-state index in [0.717, 1.165) is 36.1 Å². The third-order valence-electron chi connectivity index (χ3n) is 2.46. The lowest BCUT2D eigenvalue weighted by Crippen LogP contribution is -2.15. The van der Waals surface area contributed by atoms with E-state index in [0.29, 0.717) is 5.82 Å². The lowest BCUT2D eigenvalue weighted by molar-refractivity contribution is -0.136. The Morgan fingerprint density at radius 3 is 3.07 bits per heavy atom. The smallest absolute Gasteiger partial charge is 0.311 e. The number of aromatic nitrogens is 2. The Morgan fingerprint density at radius 2 is 2.36 bits per heavy atom. The highest BCUT2D eigenvalue weighted by Gasteiger charge is 2.19. The van der Waals surface area contributed by atoms with Gasteiger partial charge in [0.25, 0.3) is 0 Å². The van der Waals surface area contributed by atoms with E-state index in [1.165, 1.54) is 0 Å². The first-order valence-corrected chi connectivity index (χ1v) is 5.43. The third-order valence-corrected chi connectivity index (χ3v) is 3.09. The van der Waals surface area contributed by atoms with Crippen LogP contribution in [0.2, 0.25) is 0 Å². The summed E-state index contributed by atoms with van der Waals surface area (Å²) in [7, 11) is 0. The number of aliphatic carboxylic acids is 1. The Bertz CT molecular complexity index is 373. The second kappa shape index (κ2) is 3.73. The van der Waals surface area contributed by atoms with Crippen LogP contribution in [0.5, 0.6) is 0 Å². The van der Waals surface area contributed by atoms with Crippen LogP contribution in [0.4, 0.5) is 0 Å². The summed E-state index contributed by atoms with van der Waals surface area (Å²) in [4.78, 5) is 14.8. The molecule has 1 N–H and O–H groups in total. The molecule has 0 radical (unpaired) electrons. The molecule has 0 spiro atoms. The number of fused-ring (bicyclic) bond motifs is 1. The largest absolute Gasteiger partial charge is 0.481 e. The molecular formula is C9H11BrN2O2. The molecule has 1 aromatic rings. The fraction of sp³-hybridized carbons (Fsp3) is 0.556. The van der Waals surface area contributed by atoms with Gasteiger partial charge in [0.2, 0.25) is 0 Å². The van der Waals surface area contributed by atoms with E-state index in [1.54, 1.807) is 0 Å². The zero-order chi connectivity index (χ0) is 10.1. The summed E-state index contributed by atoms with van der Waals surface area (Å²) >= 11 is 3.37. The molecule has 1 aromatic heterocycles. The van der Waals surface area contributed by atoms with E-state index in [-0.39, 0.29) is 6.42 Å². The van der Waals surface area contributed by atoms with Crippen molar-refractivity contribution in [2.45, 2.75) is 32.2 Å². The van der Waals surface area contributed by atoms with Crippen LogP contribution in [0.3, 0.4) is 0 Å². The van der Waals surface area contributed by atoms with Crippen molar-refractivity contribution in [3.05, 3.63) is 16.1 Å². The lowest BCUT2D eigenvalue weighted by atomic mass is 10.1. The molecule has 2 rings (SSSR count). The standard InChI is InChI=1S/C9H11BrN2O2/c10-9-6-3-1-2-4-12(6)7(11-9)5-8(13)14/h1-5H2,(H,13,14). The van der Waals surface area contributed by atoms with Gasteiger partial charge in [-0.1, -0.05) is 0 Å². The van der Waals surface area contributed by atoms with Gasteiger partial charge in [-0.3, -0.25) is 4.79 Å². The number of halogens is 1. The van der Waals surface area contributed by atoms with Gasteiger partial charge in [-0.05, 0) is 35.2 Å². The predicted molar refractivity (Wildman–Crippen MR) is 54.2 cm³/mol. The van der Waals surface area contributed by atoms with Crippen molar-refractivity contribution in [1.82, 2.24) is 9.55 Å². The minimum Gasteiger partial charge on any atom is -0.481 e. The van der Waals surface area contributed by atoms with Crippen LogP contribution >= 0.6 is 15.9 Å². The Morgan fingerprint density at radius 1 is 1.57 bits per heavy atom. The Balaban J connectivity index is 2.36. The van der Waals surface area contributed by atoms with Gasteiger partial charge in [0.1, 0.15) is 16.8 Å². The molecule has 0 aliphatic carbocycles. The van der Waals surface area contributed by atoms with Gasteiger partial charge in [0, 0.05) is 6.54 Å². The Hall–Kier alpha value is -0.840. The number of imidazole rings is 1. The molecule has 0 saturated carbocycles. The number of carbonyl (C=O) groups is 1. The van der Waals surface area contributed by atoms with Crippen LogP contribution in [-0.4, -0.2) is 20.6 Å². The van der Waals surface area contributed by atoms with Crippen molar-refractivity contribution < 1.29 is 9.90 Å². The molecule has 4 nitrogen and oxygen atoms in total. The first kappa shape index (κ1) is 9.71. The Labute approximate surface area is 90.1 Å². The van der Waals surface area contributed by atoms with E-state index in [1.807, 2.05) is 4.57 Å². The number of carboxylic acids is 1. The second-order valence-corrected chi connectivity index (χ2v) is 4.20. The van der Waals surface area contributed by atoms with Crippen LogP contribution in [0.25, 0.3) is 0 Å². The molecule has 0 amide bonds. The first-order valence-electron chi connectivity index (χ1n) is 4.64. The van der Waals surface area contributed by atoms with Crippen LogP contribution < -0.4 is 0 Å². The zero-order valence-corrected chi connectivity index (χ0v) is 9.25. The SMILES string of the molecule is O=C(O)Cc1nc(Br)c2n1CCCC2. The highest BCUT2D eigenvalue weighted by atomic mass is 79.9. The summed E-state index contributed by atoms with van der Waals surface area (Å²) in [5.41, 5.74) is 1.15. The average Bonchev–Trinajstić information content (AvgIpc) is 2.44. The number of hydrogen-bond acceptors (Lipinski definition) is 2. The highest BCUT2D eigenvalue weighted by molar-refractivity contribution is 9.10. The fourth-order valence-corrected chi connectivity index (χ4v) is 2.46. The molecule has 0 fully saturated rings. The molecule has 1 aliphatic rings. The number of rotatable bonds is 2. The normalized spacial score (nSPS) is 15.2. The van der Waals surface area contributed by atoms with Crippen molar-refractivity contribution in [1.29, 1.82) is 0 Å². The lowest BCUT2D eigenvalue weighted by Gasteiger charge is -2.15.